The summed E-state index contributed by atoms with van der Waals surface area (Å²) >= 11 is 6.05. The van der Waals surface area contributed by atoms with Gasteiger partial charge in [0.1, 0.15) is 5.75 Å². The summed E-state index contributed by atoms with van der Waals surface area (Å²) in [5.74, 6) is 3.57. The van der Waals surface area contributed by atoms with Crippen LogP contribution in [-0.2, 0) is 6.42 Å². The minimum Gasteiger partial charge on any atom is -0.496 e. The predicted octanol–water partition coefficient (Wildman–Crippen LogP) is 3.26. The van der Waals surface area contributed by atoms with Crippen LogP contribution in [-0.4, -0.2) is 13.2 Å². The van der Waals surface area contributed by atoms with Gasteiger partial charge in [-0.25, -0.2) is 0 Å². The van der Waals surface area contributed by atoms with E-state index < -0.39 is 0 Å². The normalized spacial score (nSPS) is 30.9. The van der Waals surface area contributed by atoms with E-state index in [1.807, 2.05) is 18.2 Å². The summed E-state index contributed by atoms with van der Waals surface area (Å²) in [6.45, 7) is 0. The molecule has 3 atom stereocenters. The lowest BCUT2D eigenvalue weighted by molar-refractivity contribution is 0.378. The summed E-state index contributed by atoms with van der Waals surface area (Å²) in [6.07, 6.45) is 4.97. The first kappa shape index (κ1) is 12.3. The average Bonchev–Trinajstić information content (AvgIpc) is 2.96. The number of halogens is 1. The summed E-state index contributed by atoms with van der Waals surface area (Å²) in [7, 11) is 1.70. The van der Waals surface area contributed by atoms with Gasteiger partial charge in [-0.2, -0.15) is 0 Å². The van der Waals surface area contributed by atoms with E-state index in [-0.39, 0.29) is 6.04 Å². The van der Waals surface area contributed by atoms with Gasteiger partial charge in [-0.3, -0.25) is 0 Å². The topological polar surface area (TPSA) is 35.2 Å². The summed E-state index contributed by atoms with van der Waals surface area (Å²) in [4.78, 5) is 0. The molecule has 2 fully saturated rings. The Kier molecular flexibility index (Phi) is 3.25. The van der Waals surface area contributed by atoms with Crippen molar-refractivity contribution in [1.29, 1.82) is 0 Å². The number of ether oxygens (including phenoxy) is 1. The van der Waals surface area contributed by atoms with Gasteiger partial charge >= 0.3 is 0 Å². The van der Waals surface area contributed by atoms with Crippen LogP contribution in [0.1, 0.15) is 24.8 Å². The molecule has 0 radical (unpaired) electrons. The fourth-order valence-corrected chi connectivity index (χ4v) is 3.63. The molecule has 0 aliphatic heterocycles. The maximum Gasteiger partial charge on any atom is 0.122 e. The fraction of sp³-hybridized carbons (Fsp3) is 0.600. The molecule has 2 N–H and O–H groups in total. The number of nitrogens with two attached hydrogens (primary N) is 1. The highest BCUT2D eigenvalue weighted by atomic mass is 35.5. The zero-order valence-electron chi connectivity index (χ0n) is 10.7. The molecular formula is C15H20ClNO. The number of rotatable bonds is 4. The molecule has 3 rings (SSSR count). The molecule has 1 aromatic carbocycles. The summed E-state index contributed by atoms with van der Waals surface area (Å²) in [6, 6.07) is 6.01. The van der Waals surface area contributed by atoms with Gasteiger partial charge in [-0.05, 0) is 67.2 Å². The van der Waals surface area contributed by atoms with Gasteiger partial charge in [0.2, 0.25) is 0 Å². The first-order valence-corrected chi connectivity index (χ1v) is 7.13. The van der Waals surface area contributed by atoms with Crippen molar-refractivity contribution >= 4 is 11.6 Å². The summed E-state index contributed by atoms with van der Waals surface area (Å²) < 4.78 is 5.38. The molecule has 2 aliphatic rings. The van der Waals surface area contributed by atoms with E-state index in [1.54, 1.807) is 7.11 Å². The van der Waals surface area contributed by atoms with E-state index in [2.05, 4.69) is 0 Å². The van der Waals surface area contributed by atoms with Crippen molar-refractivity contribution in [2.24, 2.45) is 23.5 Å². The Bertz CT molecular complexity index is 438. The van der Waals surface area contributed by atoms with Crippen LogP contribution >= 0.6 is 11.6 Å². The molecule has 0 spiro atoms. The van der Waals surface area contributed by atoms with Gasteiger partial charge in [-0.1, -0.05) is 11.6 Å². The monoisotopic (exact) mass is 265 g/mol. The Balaban J connectivity index is 1.69. The van der Waals surface area contributed by atoms with Crippen molar-refractivity contribution in [2.45, 2.75) is 31.7 Å². The highest BCUT2D eigenvalue weighted by Gasteiger charge is 2.47. The second kappa shape index (κ2) is 4.75. The highest BCUT2D eigenvalue weighted by molar-refractivity contribution is 6.30. The van der Waals surface area contributed by atoms with Crippen molar-refractivity contribution in [3.63, 3.8) is 0 Å². The molecule has 1 aromatic rings. The predicted molar refractivity (Wildman–Crippen MR) is 74.0 cm³/mol. The molecule has 0 saturated heterocycles. The van der Waals surface area contributed by atoms with Crippen molar-refractivity contribution in [3.05, 3.63) is 28.8 Å². The average molecular weight is 266 g/mol. The minimum absolute atomic E-state index is 0.241. The first-order chi connectivity index (χ1) is 8.67. The van der Waals surface area contributed by atoms with E-state index in [1.165, 1.54) is 19.3 Å². The van der Waals surface area contributed by atoms with Crippen molar-refractivity contribution in [2.75, 3.05) is 7.11 Å². The lowest BCUT2D eigenvalue weighted by Crippen LogP contribution is -2.31. The Morgan fingerprint density at radius 3 is 2.72 bits per heavy atom. The van der Waals surface area contributed by atoms with Crippen LogP contribution in [0.25, 0.3) is 0 Å². The fourth-order valence-electron chi connectivity index (χ4n) is 3.44. The molecule has 0 aromatic heterocycles. The van der Waals surface area contributed by atoms with Gasteiger partial charge in [0, 0.05) is 11.1 Å². The second-order valence-corrected chi connectivity index (χ2v) is 6.25. The quantitative estimate of drug-likeness (QED) is 0.907. The molecule has 0 amide bonds. The lowest BCUT2D eigenvalue weighted by Gasteiger charge is -2.21. The molecule has 0 heterocycles. The lowest BCUT2D eigenvalue weighted by atomic mass is 9.90. The standard InChI is InChI=1S/C15H20ClNO/c1-18-15-3-2-13(16)7-12(15)8-14(17)11-5-9-4-10(9)6-11/h2-3,7,9-11,14H,4-6,8,17H2,1H3. The third kappa shape index (κ3) is 2.36. The SMILES string of the molecule is COc1ccc(Cl)cc1CC(N)C1CC2CC2C1. The largest absolute Gasteiger partial charge is 0.496 e. The third-order valence-electron chi connectivity index (χ3n) is 4.58. The van der Waals surface area contributed by atoms with E-state index in [0.29, 0.717) is 5.92 Å². The number of benzene rings is 1. The van der Waals surface area contributed by atoms with Gasteiger partial charge in [0.25, 0.3) is 0 Å². The maximum atomic E-state index is 6.37. The van der Waals surface area contributed by atoms with Crippen molar-refractivity contribution in [3.8, 4) is 5.75 Å². The Hall–Kier alpha value is -0.730. The zero-order chi connectivity index (χ0) is 12.7. The molecule has 3 heteroatoms. The van der Waals surface area contributed by atoms with Crippen LogP contribution in [0.3, 0.4) is 0 Å². The highest BCUT2D eigenvalue weighted by Crippen LogP contribution is 2.55. The summed E-state index contributed by atoms with van der Waals surface area (Å²) in [5, 5.41) is 0.757. The van der Waals surface area contributed by atoms with E-state index >= 15 is 0 Å². The number of hydrogen-bond donors (Lipinski definition) is 1. The first-order valence-electron chi connectivity index (χ1n) is 6.75. The van der Waals surface area contributed by atoms with Crippen molar-refractivity contribution < 1.29 is 4.74 Å². The third-order valence-corrected chi connectivity index (χ3v) is 4.82. The van der Waals surface area contributed by atoms with Gasteiger partial charge in [0.05, 0.1) is 7.11 Å². The molecule has 2 nitrogen and oxygen atoms in total. The number of hydrogen-bond acceptors (Lipinski definition) is 2. The second-order valence-electron chi connectivity index (χ2n) is 5.81. The molecule has 98 valence electrons. The number of methoxy groups -OCH3 is 1. The Morgan fingerprint density at radius 1 is 1.33 bits per heavy atom. The van der Waals surface area contributed by atoms with Gasteiger partial charge in [0.15, 0.2) is 0 Å². The minimum atomic E-state index is 0.241. The smallest absolute Gasteiger partial charge is 0.122 e. The number of fused-ring (bicyclic) bond motifs is 1. The molecular weight excluding hydrogens is 246 g/mol. The summed E-state index contributed by atoms with van der Waals surface area (Å²) in [5.41, 5.74) is 7.51. The van der Waals surface area contributed by atoms with Gasteiger partial charge in [-0.15, -0.1) is 0 Å². The van der Waals surface area contributed by atoms with Crippen LogP contribution in [0, 0.1) is 17.8 Å². The zero-order valence-corrected chi connectivity index (χ0v) is 11.5. The van der Waals surface area contributed by atoms with E-state index in [0.717, 1.165) is 34.6 Å². The van der Waals surface area contributed by atoms with Crippen molar-refractivity contribution in [1.82, 2.24) is 0 Å². The maximum absolute atomic E-state index is 6.37. The van der Waals surface area contributed by atoms with Crippen LogP contribution in [0.4, 0.5) is 0 Å². The van der Waals surface area contributed by atoms with Crippen LogP contribution in [0.5, 0.6) is 5.75 Å². The Morgan fingerprint density at radius 2 is 2.06 bits per heavy atom. The molecule has 2 aliphatic carbocycles. The van der Waals surface area contributed by atoms with Crippen LogP contribution in [0.15, 0.2) is 18.2 Å². The molecule has 18 heavy (non-hydrogen) atoms. The Labute approximate surface area is 113 Å². The molecule has 2 saturated carbocycles. The van der Waals surface area contributed by atoms with Crippen LogP contribution < -0.4 is 10.5 Å². The molecule has 0 bridgehead atoms. The van der Waals surface area contributed by atoms with Crippen LogP contribution in [0.2, 0.25) is 5.02 Å². The molecule has 3 unspecified atom stereocenters. The van der Waals surface area contributed by atoms with E-state index in [9.17, 15) is 0 Å². The van der Waals surface area contributed by atoms with E-state index in [4.69, 9.17) is 22.1 Å². The van der Waals surface area contributed by atoms with Gasteiger partial charge < -0.3 is 10.5 Å².